The lowest BCUT2D eigenvalue weighted by Crippen LogP contribution is -2.41. The van der Waals surface area contributed by atoms with Crippen molar-refractivity contribution >= 4 is 29.5 Å². The van der Waals surface area contributed by atoms with Gasteiger partial charge in [0.1, 0.15) is 6.04 Å². The molecule has 0 aliphatic rings. The highest BCUT2D eigenvalue weighted by atomic mass is 32.2. The molecule has 0 aliphatic carbocycles. The van der Waals surface area contributed by atoms with Crippen LogP contribution in [-0.4, -0.2) is 47.5 Å². The second-order valence-electron chi connectivity index (χ2n) is 4.53. The molecule has 0 bridgehead atoms. The van der Waals surface area contributed by atoms with Gasteiger partial charge in [0.05, 0.1) is 0 Å². The standard InChI is InChI=1S/C13H24N2O4S/c1-10(16)14-8-5-3-4-6-12(17)15-11(13(18)19)7-9-20-2/h11H,3-9H2,1-2H3,(H,14,16)(H,15,17)(H,18,19). The molecule has 0 aromatic heterocycles. The van der Waals surface area contributed by atoms with E-state index in [1.807, 2.05) is 6.26 Å². The number of thioether (sulfide) groups is 1. The molecule has 6 nitrogen and oxygen atoms in total. The topological polar surface area (TPSA) is 95.5 Å². The van der Waals surface area contributed by atoms with E-state index in [0.717, 1.165) is 12.8 Å². The Morgan fingerprint density at radius 2 is 1.90 bits per heavy atom. The zero-order chi connectivity index (χ0) is 15.4. The lowest BCUT2D eigenvalue weighted by atomic mass is 10.1. The van der Waals surface area contributed by atoms with Crippen LogP contribution in [0.4, 0.5) is 0 Å². The minimum absolute atomic E-state index is 0.0548. The fourth-order valence-electron chi connectivity index (χ4n) is 1.61. The summed E-state index contributed by atoms with van der Waals surface area (Å²) >= 11 is 1.55. The summed E-state index contributed by atoms with van der Waals surface area (Å²) in [7, 11) is 0. The third-order valence-corrected chi connectivity index (χ3v) is 3.34. The maximum Gasteiger partial charge on any atom is 0.326 e. The van der Waals surface area contributed by atoms with E-state index < -0.39 is 12.0 Å². The molecule has 0 aromatic rings. The number of carboxylic acid groups (broad SMARTS) is 1. The van der Waals surface area contributed by atoms with Gasteiger partial charge in [-0.25, -0.2) is 4.79 Å². The van der Waals surface area contributed by atoms with Crippen LogP contribution in [-0.2, 0) is 14.4 Å². The number of carboxylic acids is 1. The van der Waals surface area contributed by atoms with Gasteiger partial charge in [-0.3, -0.25) is 9.59 Å². The Morgan fingerprint density at radius 1 is 1.20 bits per heavy atom. The molecule has 1 atom stereocenters. The molecule has 0 aromatic carbocycles. The summed E-state index contributed by atoms with van der Waals surface area (Å²) in [6.07, 6.45) is 5.00. The number of carbonyl (C=O) groups excluding carboxylic acids is 2. The highest BCUT2D eigenvalue weighted by Gasteiger charge is 2.18. The van der Waals surface area contributed by atoms with Gasteiger partial charge >= 0.3 is 5.97 Å². The molecule has 0 aliphatic heterocycles. The van der Waals surface area contributed by atoms with Gasteiger partial charge in [-0.05, 0) is 31.3 Å². The molecule has 0 radical (unpaired) electrons. The SMILES string of the molecule is CSCCC(NC(=O)CCCCCNC(C)=O)C(=O)O. The fraction of sp³-hybridized carbons (Fsp3) is 0.769. The first-order valence-electron chi connectivity index (χ1n) is 6.73. The van der Waals surface area contributed by atoms with Crippen LogP contribution in [0, 0.1) is 0 Å². The molecule has 7 heteroatoms. The van der Waals surface area contributed by atoms with E-state index in [2.05, 4.69) is 10.6 Å². The molecule has 3 N–H and O–H groups in total. The summed E-state index contributed by atoms with van der Waals surface area (Å²) in [6, 6.07) is -0.797. The van der Waals surface area contributed by atoms with Crippen LogP contribution in [0.3, 0.4) is 0 Å². The van der Waals surface area contributed by atoms with Crippen LogP contribution in [0.15, 0.2) is 0 Å². The normalized spacial score (nSPS) is 11.7. The van der Waals surface area contributed by atoms with Gasteiger partial charge in [-0.2, -0.15) is 11.8 Å². The molecule has 0 heterocycles. The van der Waals surface area contributed by atoms with Gasteiger partial charge < -0.3 is 15.7 Å². The molecule has 0 saturated heterocycles. The molecule has 0 rings (SSSR count). The number of unbranched alkanes of at least 4 members (excludes halogenated alkanes) is 2. The van der Waals surface area contributed by atoms with Gasteiger partial charge in [0, 0.05) is 19.9 Å². The Hall–Kier alpha value is -1.24. The van der Waals surface area contributed by atoms with Crippen molar-refractivity contribution in [2.75, 3.05) is 18.6 Å². The van der Waals surface area contributed by atoms with Crippen LogP contribution in [0.1, 0.15) is 39.0 Å². The van der Waals surface area contributed by atoms with Crippen molar-refractivity contribution in [3.8, 4) is 0 Å². The second-order valence-corrected chi connectivity index (χ2v) is 5.52. The molecular weight excluding hydrogens is 280 g/mol. The number of amides is 2. The smallest absolute Gasteiger partial charge is 0.326 e. The maximum atomic E-state index is 11.6. The lowest BCUT2D eigenvalue weighted by Gasteiger charge is -2.13. The van der Waals surface area contributed by atoms with Gasteiger partial charge in [-0.15, -0.1) is 0 Å². The van der Waals surface area contributed by atoms with Crippen molar-refractivity contribution in [2.45, 2.75) is 45.1 Å². The van der Waals surface area contributed by atoms with Crippen molar-refractivity contribution in [2.24, 2.45) is 0 Å². The monoisotopic (exact) mass is 304 g/mol. The lowest BCUT2D eigenvalue weighted by molar-refractivity contribution is -0.141. The Balaban J connectivity index is 3.74. The van der Waals surface area contributed by atoms with Crippen molar-refractivity contribution in [1.82, 2.24) is 10.6 Å². The van der Waals surface area contributed by atoms with E-state index in [0.29, 0.717) is 31.6 Å². The van der Waals surface area contributed by atoms with Gasteiger partial charge in [-0.1, -0.05) is 6.42 Å². The average Bonchev–Trinajstić information content (AvgIpc) is 2.37. The minimum Gasteiger partial charge on any atom is -0.480 e. The summed E-state index contributed by atoms with van der Waals surface area (Å²) in [6.45, 7) is 2.08. The summed E-state index contributed by atoms with van der Waals surface area (Å²) in [5.41, 5.74) is 0. The molecule has 0 saturated carbocycles. The van der Waals surface area contributed by atoms with Gasteiger partial charge in [0.15, 0.2) is 0 Å². The molecule has 116 valence electrons. The predicted molar refractivity (Wildman–Crippen MR) is 79.7 cm³/mol. The second kappa shape index (κ2) is 11.6. The zero-order valence-electron chi connectivity index (χ0n) is 12.1. The van der Waals surface area contributed by atoms with Gasteiger partial charge in [0.25, 0.3) is 0 Å². The van der Waals surface area contributed by atoms with Crippen molar-refractivity contribution in [3.63, 3.8) is 0 Å². The van der Waals surface area contributed by atoms with Gasteiger partial charge in [0.2, 0.25) is 11.8 Å². The highest BCUT2D eigenvalue weighted by Crippen LogP contribution is 2.03. The molecular formula is C13H24N2O4S. The summed E-state index contributed by atoms with van der Waals surface area (Å²) in [5, 5.41) is 14.2. The first-order chi connectivity index (χ1) is 9.47. The summed E-state index contributed by atoms with van der Waals surface area (Å²) in [5.74, 6) is -0.564. The number of hydrogen-bond donors (Lipinski definition) is 3. The molecule has 0 spiro atoms. The van der Waals surface area contributed by atoms with Crippen molar-refractivity contribution in [3.05, 3.63) is 0 Å². The number of rotatable bonds is 11. The third kappa shape index (κ3) is 10.7. The third-order valence-electron chi connectivity index (χ3n) is 2.70. The Bertz CT molecular complexity index is 323. The first kappa shape index (κ1) is 18.8. The van der Waals surface area contributed by atoms with Crippen LogP contribution >= 0.6 is 11.8 Å². The van der Waals surface area contributed by atoms with Crippen LogP contribution in [0.2, 0.25) is 0 Å². The molecule has 2 amide bonds. The van der Waals surface area contributed by atoms with Crippen molar-refractivity contribution < 1.29 is 19.5 Å². The highest BCUT2D eigenvalue weighted by molar-refractivity contribution is 7.98. The predicted octanol–water partition coefficient (Wildman–Crippen LogP) is 1.01. The Morgan fingerprint density at radius 3 is 2.45 bits per heavy atom. The zero-order valence-corrected chi connectivity index (χ0v) is 12.9. The van der Waals surface area contributed by atoms with E-state index >= 15 is 0 Å². The quantitative estimate of drug-likeness (QED) is 0.495. The summed E-state index contributed by atoms with van der Waals surface area (Å²) < 4.78 is 0. The molecule has 0 fully saturated rings. The van der Waals surface area contributed by atoms with Crippen LogP contribution in [0.5, 0.6) is 0 Å². The van der Waals surface area contributed by atoms with E-state index in [-0.39, 0.29) is 11.8 Å². The number of nitrogens with one attached hydrogen (secondary N) is 2. The summed E-state index contributed by atoms with van der Waals surface area (Å²) in [4.78, 5) is 33.2. The van der Waals surface area contributed by atoms with E-state index in [1.165, 1.54) is 6.92 Å². The minimum atomic E-state index is -0.988. The van der Waals surface area contributed by atoms with E-state index in [1.54, 1.807) is 11.8 Å². The Labute approximate surface area is 124 Å². The largest absolute Gasteiger partial charge is 0.480 e. The molecule has 1 unspecified atom stereocenters. The molecule has 20 heavy (non-hydrogen) atoms. The van der Waals surface area contributed by atoms with Crippen molar-refractivity contribution in [1.29, 1.82) is 0 Å². The first-order valence-corrected chi connectivity index (χ1v) is 8.12. The van der Waals surface area contributed by atoms with E-state index in [4.69, 9.17) is 5.11 Å². The number of aliphatic carboxylic acids is 1. The number of hydrogen-bond acceptors (Lipinski definition) is 4. The van der Waals surface area contributed by atoms with Crippen LogP contribution in [0.25, 0.3) is 0 Å². The maximum absolute atomic E-state index is 11.6. The number of carbonyl (C=O) groups is 3. The van der Waals surface area contributed by atoms with Crippen LogP contribution < -0.4 is 10.6 Å². The Kier molecular flexibility index (Phi) is 10.9. The fourth-order valence-corrected chi connectivity index (χ4v) is 2.08. The average molecular weight is 304 g/mol. The van der Waals surface area contributed by atoms with E-state index in [9.17, 15) is 14.4 Å².